The predicted octanol–water partition coefficient (Wildman–Crippen LogP) is 4.67. The van der Waals surface area contributed by atoms with Gasteiger partial charge in [0.1, 0.15) is 5.75 Å². The molecule has 25 heavy (non-hydrogen) atoms. The summed E-state index contributed by atoms with van der Waals surface area (Å²) in [6.45, 7) is 5.33. The van der Waals surface area contributed by atoms with Crippen LogP contribution in [0.3, 0.4) is 0 Å². The minimum atomic E-state index is -2.86. The van der Waals surface area contributed by atoms with Crippen LogP contribution < -0.4 is 9.26 Å². The standard InChI is InChI=1S/C17H21N2O4PS/c1-4-9-14-10-7-8-11-15(14)22-16-12-13-17(19-18-16)23-24(25,20-5-2)21-6-3/h4,7-8,10-13H,1,5-6,9H2,2-3H3. The average Bonchev–Trinajstić information content (AvgIpc) is 2.59. The van der Waals surface area contributed by atoms with Crippen molar-refractivity contribution >= 4 is 18.5 Å². The molecule has 0 unspecified atom stereocenters. The van der Waals surface area contributed by atoms with Crippen LogP contribution >= 0.6 is 6.72 Å². The van der Waals surface area contributed by atoms with Gasteiger partial charge in [0.25, 0.3) is 0 Å². The van der Waals surface area contributed by atoms with Gasteiger partial charge < -0.3 is 9.26 Å². The van der Waals surface area contributed by atoms with Gasteiger partial charge in [0.05, 0.1) is 13.2 Å². The summed E-state index contributed by atoms with van der Waals surface area (Å²) in [5.74, 6) is 1.29. The first-order valence-corrected chi connectivity index (χ1v) is 10.4. The van der Waals surface area contributed by atoms with Gasteiger partial charge in [-0.25, -0.2) is 0 Å². The molecule has 1 heterocycles. The van der Waals surface area contributed by atoms with E-state index in [1.807, 2.05) is 44.2 Å². The quantitative estimate of drug-likeness (QED) is 0.438. The lowest BCUT2D eigenvalue weighted by Crippen LogP contribution is -2.03. The fraction of sp³-hybridized carbons (Fsp3) is 0.294. The first kappa shape index (κ1) is 19.5. The molecule has 0 fully saturated rings. The van der Waals surface area contributed by atoms with Crippen molar-refractivity contribution in [2.45, 2.75) is 20.3 Å². The first-order valence-electron chi connectivity index (χ1n) is 7.89. The molecule has 0 saturated heterocycles. The summed E-state index contributed by atoms with van der Waals surface area (Å²) in [6.07, 6.45) is 2.52. The third-order valence-corrected chi connectivity index (χ3v) is 5.36. The molecule has 1 aromatic heterocycles. The monoisotopic (exact) mass is 380 g/mol. The molecule has 0 spiro atoms. The summed E-state index contributed by atoms with van der Waals surface area (Å²) < 4.78 is 22.2. The fourth-order valence-electron chi connectivity index (χ4n) is 1.97. The molecule has 1 aromatic carbocycles. The number of aromatic nitrogens is 2. The van der Waals surface area contributed by atoms with Crippen molar-refractivity contribution in [2.75, 3.05) is 13.2 Å². The molecule has 0 bridgehead atoms. The van der Waals surface area contributed by atoms with Crippen molar-refractivity contribution in [1.82, 2.24) is 10.2 Å². The molecule has 0 aliphatic heterocycles. The van der Waals surface area contributed by atoms with Crippen molar-refractivity contribution < 1.29 is 18.3 Å². The van der Waals surface area contributed by atoms with E-state index in [4.69, 9.17) is 30.1 Å². The molecular formula is C17H21N2O4PS. The maximum absolute atomic E-state index is 5.79. The molecule has 0 amide bonds. The van der Waals surface area contributed by atoms with E-state index in [-0.39, 0.29) is 5.88 Å². The van der Waals surface area contributed by atoms with Crippen LogP contribution in [0.25, 0.3) is 0 Å². The highest BCUT2D eigenvalue weighted by atomic mass is 32.5. The molecule has 2 rings (SSSR count). The molecular weight excluding hydrogens is 359 g/mol. The van der Waals surface area contributed by atoms with Crippen LogP contribution in [0, 0.1) is 0 Å². The molecule has 6 nitrogen and oxygen atoms in total. The lowest BCUT2D eigenvalue weighted by molar-refractivity contribution is 0.215. The molecule has 2 aromatic rings. The van der Waals surface area contributed by atoms with E-state index in [0.717, 1.165) is 5.56 Å². The van der Waals surface area contributed by atoms with Crippen molar-refractivity contribution in [1.29, 1.82) is 0 Å². The molecule has 0 saturated carbocycles. The molecule has 0 aliphatic carbocycles. The minimum absolute atomic E-state index is 0.233. The highest BCUT2D eigenvalue weighted by Crippen LogP contribution is 2.49. The lowest BCUT2D eigenvalue weighted by Gasteiger charge is -2.19. The fourth-order valence-corrected chi connectivity index (χ4v) is 3.97. The summed E-state index contributed by atoms with van der Waals surface area (Å²) in [5.41, 5.74) is 1.02. The largest absolute Gasteiger partial charge is 0.437 e. The third-order valence-electron chi connectivity index (χ3n) is 2.95. The number of hydrogen-bond donors (Lipinski definition) is 0. The van der Waals surface area contributed by atoms with Gasteiger partial charge in [-0.1, -0.05) is 24.3 Å². The van der Waals surface area contributed by atoms with E-state index in [1.165, 1.54) is 0 Å². The maximum Gasteiger partial charge on any atom is 0.381 e. The zero-order chi connectivity index (χ0) is 18.1. The van der Waals surface area contributed by atoms with Gasteiger partial charge in [0, 0.05) is 23.9 Å². The Morgan fingerprint density at radius 2 is 1.68 bits per heavy atom. The number of para-hydroxylation sites is 1. The molecule has 0 N–H and O–H groups in total. The number of rotatable bonds is 10. The van der Waals surface area contributed by atoms with Crippen LogP contribution in [-0.4, -0.2) is 23.4 Å². The van der Waals surface area contributed by atoms with Gasteiger partial charge in [-0.3, -0.25) is 9.05 Å². The molecule has 0 radical (unpaired) electrons. The van der Waals surface area contributed by atoms with Gasteiger partial charge in [-0.15, -0.1) is 16.8 Å². The SMILES string of the molecule is C=CCc1ccccc1Oc1ccc(OP(=S)(OCC)OCC)nn1. The Hall–Kier alpha value is -1.79. The zero-order valence-electron chi connectivity index (χ0n) is 14.3. The van der Waals surface area contributed by atoms with Crippen molar-refractivity contribution in [3.8, 4) is 17.5 Å². The van der Waals surface area contributed by atoms with Crippen molar-refractivity contribution in [2.24, 2.45) is 0 Å². The Bertz CT molecular complexity index is 730. The van der Waals surface area contributed by atoms with Crippen LogP contribution in [0.5, 0.6) is 17.5 Å². The van der Waals surface area contributed by atoms with E-state index in [9.17, 15) is 0 Å². The second-order valence-corrected chi connectivity index (χ2v) is 7.72. The summed E-state index contributed by atoms with van der Waals surface area (Å²) in [5, 5.41) is 8.00. The minimum Gasteiger partial charge on any atom is -0.437 e. The Morgan fingerprint density at radius 1 is 1.04 bits per heavy atom. The molecule has 8 heteroatoms. The smallest absolute Gasteiger partial charge is 0.381 e. The number of ether oxygens (including phenoxy) is 1. The third kappa shape index (κ3) is 5.90. The van der Waals surface area contributed by atoms with E-state index in [0.29, 0.717) is 31.3 Å². The van der Waals surface area contributed by atoms with Crippen molar-refractivity contribution in [3.05, 3.63) is 54.6 Å². The summed E-state index contributed by atoms with van der Waals surface area (Å²) in [6, 6.07) is 11.0. The lowest BCUT2D eigenvalue weighted by atomic mass is 10.1. The van der Waals surface area contributed by atoms with E-state index < -0.39 is 6.72 Å². The van der Waals surface area contributed by atoms with E-state index >= 15 is 0 Å². The van der Waals surface area contributed by atoms with Gasteiger partial charge in [-0.05, 0) is 31.9 Å². The summed E-state index contributed by atoms with van der Waals surface area (Å²) in [7, 11) is 0. The number of hydrogen-bond acceptors (Lipinski definition) is 7. The summed E-state index contributed by atoms with van der Waals surface area (Å²) in [4.78, 5) is 0. The number of benzene rings is 1. The second kappa shape index (κ2) is 9.63. The first-order chi connectivity index (χ1) is 12.1. The Kier molecular flexibility index (Phi) is 7.52. The van der Waals surface area contributed by atoms with Gasteiger partial charge in [0.2, 0.25) is 11.8 Å². The van der Waals surface area contributed by atoms with Gasteiger partial charge in [0.15, 0.2) is 0 Å². The van der Waals surface area contributed by atoms with E-state index in [2.05, 4.69) is 16.8 Å². The van der Waals surface area contributed by atoms with Crippen LogP contribution in [0.15, 0.2) is 49.1 Å². The van der Waals surface area contributed by atoms with Crippen LogP contribution in [0.4, 0.5) is 0 Å². The highest BCUT2D eigenvalue weighted by Gasteiger charge is 2.22. The molecule has 134 valence electrons. The Labute approximate surface area is 153 Å². The Morgan fingerprint density at radius 3 is 2.28 bits per heavy atom. The van der Waals surface area contributed by atoms with E-state index in [1.54, 1.807) is 12.1 Å². The van der Waals surface area contributed by atoms with Crippen LogP contribution in [0.2, 0.25) is 0 Å². The maximum atomic E-state index is 5.79. The molecule has 0 atom stereocenters. The molecule has 0 aliphatic rings. The predicted molar refractivity (Wildman–Crippen MR) is 101 cm³/mol. The zero-order valence-corrected chi connectivity index (χ0v) is 16.0. The second-order valence-electron chi connectivity index (χ2n) is 4.79. The topological polar surface area (TPSA) is 62.7 Å². The van der Waals surface area contributed by atoms with Crippen LogP contribution in [0.1, 0.15) is 19.4 Å². The normalized spacial score (nSPS) is 11.1. The number of nitrogens with zero attached hydrogens (tertiary/aromatic N) is 2. The highest BCUT2D eigenvalue weighted by molar-refractivity contribution is 8.07. The number of allylic oxidation sites excluding steroid dienone is 1. The van der Waals surface area contributed by atoms with Crippen LogP contribution in [-0.2, 0) is 27.3 Å². The summed E-state index contributed by atoms with van der Waals surface area (Å²) >= 11 is 5.30. The van der Waals surface area contributed by atoms with Gasteiger partial charge >= 0.3 is 6.72 Å². The Balaban J connectivity index is 2.10. The van der Waals surface area contributed by atoms with Crippen molar-refractivity contribution in [3.63, 3.8) is 0 Å². The van der Waals surface area contributed by atoms with Gasteiger partial charge in [-0.2, -0.15) is 0 Å². The average molecular weight is 380 g/mol.